The zero-order chi connectivity index (χ0) is 15.1. The summed E-state index contributed by atoms with van der Waals surface area (Å²) in [7, 11) is 0. The van der Waals surface area contributed by atoms with E-state index in [-0.39, 0.29) is 30.7 Å². The molecule has 1 aromatic heterocycles. The van der Waals surface area contributed by atoms with Gasteiger partial charge in [-0.25, -0.2) is 4.98 Å². The molecule has 0 spiro atoms. The van der Waals surface area contributed by atoms with Crippen molar-refractivity contribution in [2.45, 2.75) is 13.3 Å². The van der Waals surface area contributed by atoms with Gasteiger partial charge in [0.1, 0.15) is 5.82 Å². The molecule has 0 bridgehead atoms. The van der Waals surface area contributed by atoms with Crippen molar-refractivity contribution in [1.29, 1.82) is 0 Å². The molecule has 2 rings (SSSR count). The van der Waals surface area contributed by atoms with Crippen LogP contribution < -0.4 is 16.4 Å². The molecular formula is C16H22Cl2N4O. The van der Waals surface area contributed by atoms with Crippen LogP contribution in [0, 0.1) is 6.92 Å². The summed E-state index contributed by atoms with van der Waals surface area (Å²) in [5, 5.41) is 6.07. The van der Waals surface area contributed by atoms with Crippen LogP contribution in [0.3, 0.4) is 0 Å². The average Bonchev–Trinajstić information content (AvgIpc) is 2.49. The number of hydrogen-bond acceptors (Lipinski definition) is 4. The number of nitrogens with one attached hydrogen (secondary N) is 2. The molecule has 0 aliphatic heterocycles. The number of benzene rings is 1. The number of aromatic nitrogens is 1. The highest BCUT2D eigenvalue weighted by Crippen LogP contribution is 2.09. The third-order valence-corrected chi connectivity index (χ3v) is 3.06. The quantitative estimate of drug-likeness (QED) is 0.548. The normalized spacial score (nSPS) is 9.26. The fourth-order valence-electron chi connectivity index (χ4n) is 1.88. The Morgan fingerprint density at radius 3 is 2.52 bits per heavy atom. The first-order chi connectivity index (χ1) is 10.2. The summed E-state index contributed by atoms with van der Waals surface area (Å²) in [6.07, 6.45) is 2.64. The van der Waals surface area contributed by atoms with E-state index in [4.69, 9.17) is 5.73 Å². The standard InChI is InChI=1S/C16H20N4O.2ClH/c1-12-7-8-15(20-11-12)18-9-4-10-19-16(21)13-5-2-3-6-14(13)17;;/h2-3,5-8,11H,4,9-10,17H2,1H3,(H,18,20)(H,19,21);2*1H. The first-order valence-electron chi connectivity index (χ1n) is 6.96. The average molecular weight is 357 g/mol. The zero-order valence-corrected chi connectivity index (χ0v) is 14.5. The molecule has 1 heterocycles. The maximum Gasteiger partial charge on any atom is 0.253 e. The number of nitrogens with zero attached hydrogens (tertiary/aromatic N) is 1. The number of pyridine rings is 1. The van der Waals surface area contributed by atoms with Crippen molar-refractivity contribution in [2.24, 2.45) is 0 Å². The smallest absolute Gasteiger partial charge is 0.253 e. The van der Waals surface area contributed by atoms with Crippen molar-refractivity contribution in [1.82, 2.24) is 10.3 Å². The maximum absolute atomic E-state index is 11.9. The van der Waals surface area contributed by atoms with Gasteiger partial charge in [-0.3, -0.25) is 4.79 Å². The highest BCUT2D eigenvalue weighted by Gasteiger charge is 2.07. The number of carbonyl (C=O) groups excluding carboxylic acids is 1. The van der Waals surface area contributed by atoms with E-state index in [2.05, 4.69) is 15.6 Å². The van der Waals surface area contributed by atoms with Gasteiger partial charge >= 0.3 is 0 Å². The minimum absolute atomic E-state index is 0. The Bertz CT molecular complexity index is 605. The Morgan fingerprint density at radius 1 is 1.13 bits per heavy atom. The minimum Gasteiger partial charge on any atom is -0.398 e. The minimum atomic E-state index is -0.137. The Labute approximate surface area is 148 Å². The van der Waals surface area contributed by atoms with Crippen LogP contribution in [0.1, 0.15) is 22.3 Å². The summed E-state index contributed by atoms with van der Waals surface area (Å²) < 4.78 is 0. The molecule has 0 aliphatic rings. The molecule has 5 nitrogen and oxygen atoms in total. The molecular weight excluding hydrogens is 335 g/mol. The summed E-state index contributed by atoms with van der Waals surface area (Å²) in [4.78, 5) is 16.2. The molecule has 0 saturated heterocycles. The van der Waals surface area contributed by atoms with E-state index in [0.717, 1.165) is 24.3 Å². The molecule has 7 heteroatoms. The molecule has 23 heavy (non-hydrogen) atoms. The Morgan fingerprint density at radius 2 is 1.87 bits per heavy atom. The first kappa shape index (κ1) is 21.0. The van der Waals surface area contributed by atoms with E-state index in [0.29, 0.717) is 17.8 Å². The third kappa shape index (κ3) is 6.76. The fraction of sp³-hybridized carbons (Fsp3) is 0.250. The summed E-state index contributed by atoms with van der Waals surface area (Å²) in [5.74, 6) is 0.709. The highest BCUT2D eigenvalue weighted by atomic mass is 35.5. The van der Waals surface area contributed by atoms with Gasteiger partial charge in [0.2, 0.25) is 0 Å². The molecule has 1 aromatic carbocycles. The van der Waals surface area contributed by atoms with E-state index in [1.54, 1.807) is 18.2 Å². The number of amides is 1. The number of hydrogen-bond donors (Lipinski definition) is 3. The molecule has 1 amide bonds. The van der Waals surface area contributed by atoms with Gasteiger partial charge in [-0.15, -0.1) is 24.8 Å². The monoisotopic (exact) mass is 356 g/mol. The largest absolute Gasteiger partial charge is 0.398 e. The van der Waals surface area contributed by atoms with E-state index in [9.17, 15) is 4.79 Å². The second kappa shape index (κ2) is 10.7. The van der Waals surface area contributed by atoms with E-state index < -0.39 is 0 Å². The van der Waals surface area contributed by atoms with Gasteiger partial charge in [0.05, 0.1) is 5.56 Å². The van der Waals surface area contributed by atoms with Gasteiger partial charge in [0.25, 0.3) is 5.91 Å². The predicted molar refractivity (Wildman–Crippen MR) is 99.8 cm³/mol. The van der Waals surface area contributed by atoms with Crippen LogP contribution in [0.4, 0.5) is 11.5 Å². The van der Waals surface area contributed by atoms with E-state index in [1.807, 2.05) is 31.3 Å². The molecule has 2 aromatic rings. The number of carbonyl (C=O) groups is 1. The molecule has 0 saturated carbocycles. The van der Waals surface area contributed by atoms with Gasteiger partial charge in [0.15, 0.2) is 0 Å². The second-order valence-electron chi connectivity index (χ2n) is 4.84. The first-order valence-corrected chi connectivity index (χ1v) is 6.96. The summed E-state index contributed by atoms with van der Waals surface area (Å²) in [6.45, 7) is 3.34. The summed E-state index contributed by atoms with van der Waals surface area (Å²) in [5.41, 5.74) is 7.91. The number of rotatable bonds is 6. The van der Waals surface area contributed by atoms with Crippen molar-refractivity contribution in [2.75, 3.05) is 24.1 Å². The predicted octanol–water partition coefficient (Wildman–Crippen LogP) is 3.05. The molecule has 0 atom stereocenters. The molecule has 4 N–H and O–H groups in total. The number of halogens is 2. The van der Waals surface area contributed by atoms with Gasteiger partial charge < -0.3 is 16.4 Å². The van der Waals surface area contributed by atoms with E-state index in [1.165, 1.54) is 0 Å². The van der Waals surface area contributed by atoms with Gasteiger partial charge in [-0.1, -0.05) is 18.2 Å². The van der Waals surface area contributed by atoms with Crippen LogP contribution in [-0.4, -0.2) is 24.0 Å². The maximum atomic E-state index is 11.9. The second-order valence-corrected chi connectivity index (χ2v) is 4.84. The van der Waals surface area contributed by atoms with Crippen LogP contribution in [-0.2, 0) is 0 Å². The summed E-state index contributed by atoms with van der Waals surface area (Å²) in [6, 6.07) is 11.0. The van der Waals surface area contributed by atoms with Crippen LogP contribution in [0.25, 0.3) is 0 Å². The zero-order valence-electron chi connectivity index (χ0n) is 12.9. The lowest BCUT2D eigenvalue weighted by atomic mass is 10.1. The number of anilines is 2. The van der Waals surface area contributed by atoms with Crippen LogP contribution in [0.15, 0.2) is 42.6 Å². The molecule has 0 unspecified atom stereocenters. The van der Waals surface area contributed by atoms with Gasteiger partial charge in [0, 0.05) is 25.0 Å². The third-order valence-electron chi connectivity index (χ3n) is 3.06. The van der Waals surface area contributed by atoms with Gasteiger partial charge in [-0.05, 0) is 37.1 Å². The van der Waals surface area contributed by atoms with Crippen molar-refractivity contribution in [3.8, 4) is 0 Å². The number of para-hydroxylation sites is 1. The fourth-order valence-corrected chi connectivity index (χ4v) is 1.88. The van der Waals surface area contributed by atoms with Gasteiger partial charge in [-0.2, -0.15) is 0 Å². The van der Waals surface area contributed by atoms with E-state index >= 15 is 0 Å². The lowest BCUT2D eigenvalue weighted by molar-refractivity contribution is 0.0954. The van der Waals surface area contributed by atoms with Crippen molar-refractivity contribution < 1.29 is 4.79 Å². The van der Waals surface area contributed by atoms with Crippen molar-refractivity contribution in [3.63, 3.8) is 0 Å². The molecule has 126 valence electrons. The molecule has 0 radical (unpaired) electrons. The lowest BCUT2D eigenvalue weighted by Crippen LogP contribution is -2.26. The highest BCUT2D eigenvalue weighted by molar-refractivity contribution is 5.99. The molecule has 0 fully saturated rings. The number of nitrogens with two attached hydrogens (primary N) is 1. The molecule has 0 aliphatic carbocycles. The Hall–Kier alpha value is -1.98. The Balaban J connectivity index is 0.00000242. The van der Waals surface area contributed by atoms with Crippen LogP contribution in [0.2, 0.25) is 0 Å². The van der Waals surface area contributed by atoms with Crippen LogP contribution in [0.5, 0.6) is 0 Å². The Kier molecular flexibility index (Phi) is 9.78. The summed E-state index contributed by atoms with van der Waals surface area (Å²) >= 11 is 0. The topological polar surface area (TPSA) is 80.0 Å². The SMILES string of the molecule is Cc1ccc(NCCCNC(=O)c2ccccc2N)nc1.Cl.Cl. The van der Waals surface area contributed by atoms with Crippen LogP contribution >= 0.6 is 24.8 Å². The lowest BCUT2D eigenvalue weighted by Gasteiger charge is -2.08. The number of aryl methyl sites for hydroxylation is 1. The van der Waals surface area contributed by atoms with Crippen molar-refractivity contribution in [3.05, 3.63) is 53.7 Å². The van der Waals surface area contributed by atoms with Crippen molar-refractivity contribution >= 4 is 42.2 Å². The number of nitrogen functional groups attached to an aromatic ring is 1.